The van der Waals surface area contributed by atoms with Gasteiger partial charge >= 0.3 is 0 Å². The molecule has 0 aliphatic carbocycles. The highest BCUT2D eigenvalue weighted by atomic mass is 19.1. The lowest BCUT2D eigenvalue weighted by molar-refractivity contribution is 0.160. The number of anilines is 1. The summed E-state index contributed by atoms with van der Waals surface area (Å²) >= 11 is 0. The van der Waals surface area contributed by atoms with Gasteiger partial charge in [-0.05, 0) is 48.9 Å². The average Bonchev–Trinajstić information content (AvgIpc) is 2.70. The third-order valence-electron chi connectivity index (χ3n) is 5.14. The number of ether oxygens (including phenoxy) is 1. The summed E-state index contributed by atoms with van der Waals surface area (Å²) < 4.78 is 19.6. The van der Waals surface area contributed by atoms with E-state index in [0.29, 0.717) is 11.6 Å². The number of nitrogens with zero attached hydrogens (tertiary/aromatic N) is 4. The van der Waals surface area contributed by atoms with Gasteiger partial charge in [0.2, 0.25) is 5.88 Å². The van der Waals surface area contributed by atoms with Crippen LogP contribution >= 0.6 is 0 Å². The van der Waals surface area contributed by atoms with Crippen LogP contribution < -0.4 is 9.64 Å². The van der Waals surface area contributed by atoms with Crippen molar-refractivity contribution in [2.24, 2.45) is 0 Å². The van der Waals surface area contributed by atoms with Gasteiger partial charge in [-0.3, -0.25) is 0 Å². The molecule has 2 aromatic heterocycles. The minimum atomic E-state index is -0.268. The standard InChI is InChI=1S/C23H19FN4O/c1-15-12-17(24)7-8-19(15)22-23(26-11-10-25-22)29-18-13-28(14-18)21-9-6-16-4-2-3-5-20(16)27-21/h2-12,18H,13-14H2,1H3. The van der Waals surface area contributed by atoms with Crippen molar-refractivity contribution in [3.05, 3.63) is 78.4 Å². The minimum Gasteiger partial charge on any atom is -0.469 e. The highest BCUT2D eigenvalue weighted by molar-refractivity contribution is 5.80. The van der Waals surface area contributed by atoms with E-state index in [4.69, 9.17) is 9.72 Å². The Morgan fingerprint density at radius 3 is 2.69 bits per heavy atom. The molecule has 0 saturated carbocycles. The Bertz CT molecular complexity index is 1190. The summed E-state index contributed by atoms with van der Waals surface area (Å²) in [4.78, 5) is 15.7. The Morgan fingerprint density at radius 1 is 1.00 bits per heavy atom. The van der Waals surface area contributed by atoms with Crippen molar-refractivity contribution in [3.8, 4) is 17.1 Å². The maximum Gasteiger partial charge on any atom is 0.241 e. The monoisotopic (exact) mass is 386 g/mol. The third-order valence-corrected chi connectivity index (χ3v) is 5.14. The number of hydrogen-bond donors (Lipinski definition) is 0. The Kier molecular flexibility index (Phi) is 4.31. The number of fused-ring (bicyclic) bond motifs is 1. The van der Waals surface area contributed by atoms with E-state index in [1.54, 1.807) is 18.5 Å². The van der Waals surface area contributed by atoms with Crippen molar-refractivity contribution in [1.82, 2.24) is 15.0 Å². The highest BCUT2D eigenvalue weighted by Gasteiger charge is 2.31. The van der Waals surface area contributed by atoms with Gasteiger partial charge in [0, 0.05) is 23.3 Å². The molecule has 0 radical (unpaired) electrons. The third kappa shape index (κ3) is 3.38. The van der Waals surface area contributed by atoms with Crippen LogP contribution in [-0.4, -0.2) is 34.1 Å². The molecule has 0 spiro atoms. The van der Waals surface area contributed by atoms with Crippen LogP contribution in [0.5, 0.6) is 5.88 Å². The summed E-state index contributed by atoms with van der Waals surface area (Å²) in [5.41, 5.74) is 3.23. The van der Waals surface area contributed by atoms with Gasteiger partial charge in [-0.15, -0.1) is 0 Å². The lowest BCUT2D eigenvalue weighted by Crippen LogP contribution is -2.54. The van der Waals surface area contributed by atoms with Crippen molar-refractivity contribution in [2.45, 2.75) is 13.0 Å². The van der Waals surface area contributed by atoms with E-state index in [9.17, 15) is 4.39 Å². The molecule has 6 heteroatoms. The second-order valence-corrected chi connectivity index (χ2v) is 7.18. The SMILES string of the molecule is Cc1cc(F)ccc1-c1nccnc1OC1CN(c2ccc3ccccc3n2)C1. The van der Waals surface area contributed by atoms with E-state index in [1.807, 2.05) is 31.2 Å². The number of rotatable bonds is 4. The van der Waals surface area contributed by atoms with Crippen LogP contribution in [0.2, 0.25) is 0 Å². The summed E-state index contributed by atoms with van der Waals surface area (Å²) in [6.07, 6.45) is 3.23. The van der Waals surface area contributed by atoms with Crippen LogP contribution in [0.3, 0.4) is 0 Å². The van der Waals surface area contributed by atoms with E-state index in [0.717, 1.165) is 40.9 Å². The van der Waals surface area contributed by atoms with Gasteiger partial charge in [0.1, 0.15) is 23.4 Å². The Morgan fingerprint density at radius 2 is 1.83 bits per heavy atom. The molecule has 0 N–H and O–H groups in total. The summed E-state index contributed by atoms with van der Waals surface area (Å²) in [6, 6.07) is 16.8. The fourth-order valence-corrected chi connectivity index (χ4v) is 3.58. The first kappa shape index (κ1) is 17.6. The topological polar surface area (TPSA) is 51.1 Å². The number of hydrogen-bond acceptors (Lipinski definition) is 5. The smallest absolute Gasteiger partial charge is 0.241 e. The molecule has 3 heterocycles. The van der Waals surface area contributed by atoms with Crippen LogP contribution in [0, 0.1) is 12.7 Å². The zero-order chi connectivity index (χ0) is 19.8. The van der Waals surface area contributed by atoms with Crippen LogP contribution in [0.25, 0.3) is 22.2 Å². The molecule has 5 nitrogen and oxygen atoms in total. The molecule has 144 valence electrons. The second-order valence-electron chi connectivity index (χ2n) is 7.18. The second kappa shape index (κ2) is 7.13. The molecule has 2 aromatic carbocycles. The van der Waals surface area contributed by atoms with Crippen LogP contribution in [0.15, 0.2) is 67.0 Å². The largest absolute Gasteiger partial charge is 0.469 e. The predicted molar refractivity (Wildman–Crippen MR) is 111 cm³/mol. The van der Waals surface area contributed by atoms with Gasteiger partial charge in [0.05, 0.1) is 18.6 Å². The first-order valence-electron chi connectivity index (χ1n) is 9.52. The first-order chi connectivity index (χ1) is 14.2. The molecule has 0 bridgehead atoms. The molecule has 0 unspecified atom stereocenters. The number of para-hydroxylation sites is 1. The number of aryl methyl sites for hydroxylation is 1. The first-order valence-corrected chi connectivity index (χ1v) is 9.52. The van der Waals surface area contributed by atoms with E-state index in [2.05, 4.69) is 27.0 Å². The molecule has 0 atom stereocenters. The normalized spacial score (nSPS) is 14.1. The number of pyridine rings is 1. The van der Waals surface area contributed by atoms with E-state index in [-0.39, 0.29) is 11.9 Å². The van der Waals surface area contributed by atoms with Gasteiger partial charge in [-0.2, -0.15) is 0 Å². The maximum atomic E-state index is 13.5. The molecule has 29 heavy (non-hydrogen) atoms. The van der Waals surface area contributed by atoms with Gasteiger partial charge < -0.3 is 9.64 Å². The van der Waals surface area contributed by atoms with E-state index in [1.165, 1.54) is 12.1 Å². The zero-order valence-electron chi connectivity index (χ0n) is 15.9. The number of benzene rings is 2. The van der Waals surface area contributed by atoms with Crippen LogP contribution in [0.4, 0.5) is 10.2 Å². The summed E-state index contributed by atoms with van der Waals surface area (Å²) in [5, 5.41) is 1.13. The molecule has 4 aromatic rings. The Balaban J connectivity index is 1.32. The van der Waals surface area contributed by atoms with Gasteiger partial charge in [0.25, 0.3) is 0 Å². The van der Waals surface area contributed by atoms with Crippen LogP contribution in [-0.2, 0) is 0 Å². The van der Waals surface area contributed by atoms with Crippen molar-refractivity contribution in [3.63, 3.8) is 0 Å². The highest BCUT2D eigenvalue weighted by Crippen LogP contribution is 2.31. The van der Waals surface area contributed by atoms with E-state index >= 15 is 0 Å². The van der Waals surface area contributed by atoms with Crippen molar-refractivity contribution in [2.75, 3.05) is 18.0 Å². The quantitative estimate of drug-likeness (QED) is 0.520. The zero-order valence-corrected chi connectivity index (χ0v) is 15.9. The molecule has 1 saturated heterocycles. The van der Waals surface area contributed by atoms with E-state index < -0.39 is 0 Å². The molecule has 1 fully saturated rings. The molecule has 1 aliphatic rings. The lowest BCUT2D eigenvalue weighted by atomic mass is 10.1. The van der Waals surface area contributed by atoms with Crippen molar-refractivity contribution < 1.29 is 9.13 Å². The average molecular weight is 386 g/mol. The van der Waals surface area contributed by atoms with Gasteiger partial charge in [-0.25, -0.2) is 19.3 Å². The minimum absolute atomic E-state index is 0.000486. The molecule has 1 aliphatic heterocycles. The Hall–Kier alpha value is -3.54. The van der Waals surface area contributed by atoms with Crippen LogP contribution in [0.1, 0.15) is 5.56 Å². The Labute approximate surface area is 167 Å². The van der Waals surface area contributed by atoms with Gasteiger partial charge in [0.15, 0.2) is 0 Å². The molecule has 0 amide bonds. The van der Waals surface area contributed by atoms with Crippen molar-refractivity contribution in [1.29, 1.82) is 0 Å². The summed E-state index contributed by atoms with van der Waals surface area (Å²) in [6.45, 7) is 3.31. The summed E-state index contributed by atoms with van der Waals surface area (Å²) in [7, 11) is 0. The van der Waals surface area contributed by atoms with Crippen molar-refractivity contribution >= 4 is 16.7 Å². The fraction of sp³-hybridized carbons (Fsp3) is 0.174. The molecular weight excluding hydrogens is 367 g/mol. The number of aromatic nitrogens is 3. The lowest BCUT2D eigenvalue weighted by Gasteiger charge is -2.39. The maximum absolute atomic E-state index is 13.5. The molecule has 5 rings (SSSR count). The molecular formula is C23H19FN4O. The van der Waals surface area contributed by atoms with Gasteiger partial charge in [-0.1, -0.05) is 18.2 Å². The fourth-order valence-electron chi connectivity index (χ4n) is 3.58. The summed E-state index contributed by atoms with van der Waals surface area (Å²) in [5.74, 6) is 1.14. The number of halogens is 1. The predicted octanol–water partition coefficient (Wildman–Crippen LogP) is 4.41.